The Balaban J connectivity index is 0. The molecule has 1 aromatic rings. The Hall–Kier alpha value is -1.06. The van der Waals surface area contributed by atoms with Crippen molar-refractivity contribution in [2.45, 2.75) is 0 Å². The number of carbonyl (C=O) groups is 1. The number of nitriles is 1. The number of carboxylic acid groups (broad SMARTS) is 1. The van der Waals surface area contributed by atoms with Crippen LogP contribution in [0, 0.1) is 11.3 Å². The molecule has 0 saturated carbocycles. The maximum absolute atomic E-state index is 10.2. The summed E-state index contributed by atoms with van der Waals surface area (Å²) in [5, 5.41) is 16.9. The zero-order chi connectivity index (χ0) is 9.68. The van der Waals surface area contributed by atoms with Crippen molar-refractivity contribution in [1.29, 1.82) is 5.26 Å². The number of benzene rings is 1. The number of rotatable bonds is 3. The van der Waals surface area contributed by atoms with Crippen LogP contribution < -0.4 is 34.3 Å². The van der Waals surface area contributed by atoms with Gasteiger partial charge in [-0.25, -0.2) is 4.79 Å². The number of para-hydroxylation sites is 1. The van der Waals surface area contributed by atoms with Crippen LogP contribution in [-0.2, 0) is 4.79 Å². The van der Waals surface area contributed by atoms with Crippen LogP contribution in [-0.4, -0.2) is 23.2 Å². The maximum atomic E-state index is 10.2. The number of nitrogens with zero attached hydrogens (tertiary/aromatic N) is 1. The van der Waals surface area contributed by atoms with Crippen molar-refractivity contribution in [2.75, 3.05) is 6.61 Å². The van der Waals surface area contributed by atoms with Crippen molar-refractivity contribution in [2.24, 2.45) is 0 Å². The molecular formula is C9H8NNaO4. The van der Waals surface area contributed by atoms with E-state index in [1.165, 1.54) is 0 Å². The maximum Gasteiger partial charge on any atom is 1.00 e. The first-order valence-corrected chi connectivity index (χ1v) is 3.58. The van der Waals surface area contributed by atoms with Crippen molar-refractivity contribution in [1.82, 2.24) is 0 Å². The van der Waals surface area contributed by atoms with Gasteiger partial charge in [-0.15, -0.1) is 0 Å². The summed E-state index contributed by atoms with van der Waals surface area (Å²) in [7, 11) is 0. The van der Waals surface area contributed by atoms with Crippen LogP contribution in [0.2, 0.25) is 0 Å². The topological polar surface area (TPSA) is 100 Å². The Bertz CT molecular complexity index is 361. The normalized spacial score (nSPS) is 7.67. The van der Waals surface area contributed by atoms with Crippen LogP contribution in [0.3, 0.4) is 0 Å². The molecule has 2 N–H and O–H groups in total. The van der Waals surface area contributed by atoms with E-state index in [1.54, 1.807) is 24.3 Å². The molecule has 0 bridgehead atoms. The molecule has 0 radical (unpaired) electrons. The van der Waals surface area contributed by atoms with Gasteiger partial charge in [0, 0.05) is 0 Å². The van der Waals surface area contributed by atoms with E-state index in [9.17, 15) is 4.79 Å². The molecule has 0 aliphatic carbocycles. The van der Waals surface area contributed by atoms with E-state index in [0.717, 1.165) is 0 Å². The van der Waals surface area contributed by atoms with E-state index in [1.807, 2.05) is 6.07 Å². The Labute approximate surface area is 109 Å². The second kappa shape index (κ2) is 8.26. The third-order valence-electron chi connectivity index (χ3n) is 1.36. The fourth-order valence-corrected chi connectivity index (χ4v) is 0.824. The molecule has 0 aliphatic rings. The van der Waals surface area contributed by atoms with Crippen LogP contribution >= 0.6 is 0 Å². The van der Waals surface area contributed by atoms with Gasteiger partial charge in [-0.05, 0) is 12.1 Å². The van der Waals surface area contributed by atoms with E-state index in [2.05, 4.69) is 0 Å². The fraction of sp³-hybridized carbons (Fsp3) is 0.111. The molecule has 0 amide bonds. The molecular weight excluding hydrogens is 209 g/mol. The minimum absolute atomic E-state index is 0. The van der Waals surface area contributed by atoms with Gasteiger partial charge in [-0.1, -0.05) is 12.1 Å². The average Bonchev–Trinajstić information content (AvgIpc) is 2.15. The first kappa shape index (κ1) is 16.4. The van der Waals surface area contributed by atoms with Gasteiger partial charge < -0.3 is 15.3 Å². The van der Waals surface area contributed by atoms with Crippen molar-refractivity contribution >= 4 is 5.97 Å². The third kappa shape index (κ3) is 5.40. The second-order valence-electron chi connectivity index (χ2n) is 2.29. The summed E-state index contributed by atoms with van der Waals surface area (Å²) in [6.45, 7) is -0.432. The first-order chi connectivity index (χ1) is 6.24. The van der Waals surface area contributed by atoms with Crippen LogP contribution in [0.4, 0.5) is 0 Å². The molecule has 6 heteroatoms. The van der Waals surface area contributed by atoms with Crippen LogP contribution in [0.25, 0.3) is 0 Å². The molecule has 74 valence electrons. The van der Waals surface area contributed by atoms with E-state index in [4.69, 9.17) is 15.1 Å². The Kier molecular flexibility index (Phi) is 9.02. The minimum Gasteiger partial charge on any atom is -0.870 e. The summed E-state index contributed by atoms with van der Waals surface area (Å²) < 4.78 is 4.87. The van der Waals surface area contributed by atoms with Crippen molar-refractivity contribution in [3.8, 4) is 11.8 Å². The molecule has 0 fully saturated rings. The Morgan fingerprint density at radius 1 is 1.47 bits per heavy atom. The summed E-state index contributed by atoms with van der Waals surface area (Å²) in [6.07, 6.45) is 0. The summed E-state index contributed by atoms with van der Waals surface area (Å²) in [5.41, 5.74) is 0.337. The van der Waals surface area contributed by atoms with Gasteiger partial charge >= 0.3 is 35.5 Å². The monoisotopic (exact) mass is 217 g/mol. The molecule has 0 heterocycles. The van der Waals surface area contributed by atoms with Gasteiger partial charge in [-0.3, -0.25) is 0 Å². The van der Waals surface area contributed by atoms with E-state index >= 15 is 0 Å². The van der Waals surface area contributed by atoms with Gasteiger partial charge in [-0.2, -0.15) is 5.26 Å². The second-order valence-corrected chi connectivity index (χ2v) is 2.29. The number of hydrogen-bond donors (Lipinski definition) is 1. The molecule has 0 aromatic heterocycles. The van der Waals surface area contributed by atoms with Crippen molar-refractivity contribution in [3.63, 3.8) is 0 Å². The zero-order valence-electron chi connectivity index (χ0n) is 8.17. The van der Waals surface area contributed by atoms with Crippen LogP contribution in [0.5, 0.6) is 5.75 Å². The van der Waals surface area contributed by atoms with E-state index < -0.39 is 12.6 Å². The van der Waals surface area contributed by atoms with Gasteiger partial charge in [0.25, 0.3) is 0 Å². The Morgan fingerprint density at radius 2 is 2.07 bits per heavy atom. The minimum atomic E-state index is -1.06. The summed E-state index contributed by atoms with van der Waals surface area (Å²) in [5.74, 6) is -0.764. The van der Waals surface area contributed by atoms with Gasteiger partial charge in [0.15, 0.2) is 6.61 Å². The smallest absolute Gasteiger partial charge is 0.870 e. The standard InChI is InChI=1S/C9H7NO3.Na.H2O/c10-5-7-3-1-2-4-8(7)13-6-9(11)12;;/h1-4H,6H2,(H,11,12);;1H2/q;+1;/p-1. The molecule has 1 aromatic carbocycles. The summed E-state index contributed by atoms with van der Waals surface area (Å²) in [6, 6.07) is 8.39. The molecule has 15 heavy (non-hydrogen) atoms. The quantitative estimate of drug-likeness (QED) is 0.582. The van der Waals surface area contributed by atoms with Crippen LogP contribution in [0.15, 0.2) is 24.3 Å². The van der Waals surface area contributed by atoms with Gasteiger partial charge in [0.1, 0.15) is 11.8 Å². The molecule has 1 rings (SSSR count). The van der Waals surface area contributed by atoms with Crippen molar-refractivity contribution in [3.05, 3.63) is 29.8 Å². The average molecular weight is 217 g/mol. The SMILES string of the molecule is N#Cc1ccccc1OCC(=O)O.[Na+].[OH-]. The van der Waals surface area contributed by atoms with Gasteiger partial charge in [0.05, 0.1) is 5.56 Å². The largest absolute Gasteiger partial charge is 1.00 e. The molecule has 0 saturated heterocycles. The molecule has 0 atom stereocenters. The number of carboxylic acids is 1. The molecule has 5 nitrogen and oxygen atoms in total. The molecule has 0 aliphatic heterocycles. The van der Waals surface area contributed by atoms with Crippen molar-refractivity contribution < 1.29 is 49.7 Å². The van der Waals surface area contributed by atoms with E-state index in [0.29, 0.717) is 11.3 Å². The fourth-order valence-electron chi connectivity index (χ4n) is 0.824. The van der Waals surface area contributed by atoms with Gasteiger partial charge in [0.2, 0.25) is 0 Å². The molecule has 0 spiro atoms. The number of ether oxygens (including phenoxy) is 1. The van der Waals surface area contributed by atoms with E-state index in [-0.39, 0.29) is 35.0 Å². The number of hydrogen-bond acceptors (Lipinski definition) is 4. The van der Waals surface area contributed by atoms with Crippen LogP contribution in [0.1, 0.15) is 5.56 Å². The predicted octanol–water partition coefficient (Wildman–Crippen LogP) is -2.15. The predicted molar refractivity (Wildman–Crippen MR) is 46.2 cm³/mol. The third-order valence-corrected chi connectivity index (χ3v) is 1.36. The Morgan fingerprint density at radius 3 is 2.60 bits per heavy atom. The summed E-state index contributed by atoms with van der Waals surface area (Å²) >= 11 is 0. The number of aliphatic carboxylic acids is 1. The summed E-state index contributed by atoms with van der Waals surface area (Å²) in [4.78, 5) is 10.2. The molecule has 0 unspecified atom stereocenters. The zero-order valence-corrected chi connectivity index (χ0v) is 10.2. The first-order valence-electron chi connectivity index (χ1n) is 3.58.